The zero-order valence-electron chi connectivity index (χ0n) is 24.4. The van der Waals surface area contributed by atoms with Crippen molar-refractivity contribution in [2.75, 3.05) is 5.06 Å². The van der Waals surface area contributed by atoms with Crippen molar-refractivity contribution < 1.29 is 4.84 Å². The van der Waals surface area contributed by atoms with Crippen molar-refractivity contribution in [3.05, 3.63) is 133 Å². The minimum absolute atomic E-state index is 0.448. The summed E-state index contributed by atoms with van der Waals surface area (Å²) in [5.41, 5.74) is 6.19. The smallest absolute Gasteiger partial charge is 0.265 e. The van der Waals surface area contributed by atoms with Crippen LogP contribution in [-0.2, 0) is 0 Å². The van der Waals surface area contributed by atoms with Crippen LogP contribution in [0.5, 0.6) is 5.75 Å². The van der Waals surface area contributed by atoms with E-state index >= 15 is 0 Å². The lowest BCUT2D eigenvalue weighted by Gasteiger charge is -2.33. The Labute approximate surface area is 269 Å². The third-order valence-corrected chi connectivity index (χ3v) is 10.2. The normalized spacial score (nSPS) is 12.6. The number of hydrogen-bond acceptors (Lipinski definition) is 5. The summed E-state index contributed by atoms with van der Waals surface area (Å²) in [4.78, 5) is 17.4. The summed E-state index contributed by atoms with van der Waals surface area (Å²) in [5.74, 6) is 1.21. The number of nitrogens with zero attached hydrogens (tertiary/aromatic N) is 3. The highest BCUT2D eigenvalue weighted by Gasteiger charge is 2.34. The van der Waals surface area contributed by atoms with E-state index in [0.29, 0.717) is 11.4 Å². The van der Waals surface area contributed by atoms with Crippen LogP contribution in [0.2, 0.25) is 0 Å². The van der Waals surface area contributed by atoms with Gasteiger partial charge in [-0.3, -0.25) is 0 Å². The number of aromatic nitrogens is 2. The number of anilines is 2. The van der Waals surface area contributed by atoms with E-state index in [1.54, 1.807) is 0 Å². The topological polar surface area (TPSA) is 38.2 Å². The van der Waals surface area contributed by atoms with Gasteiger partial charge < -0.3 is 4.84 Å². The summed E-state index contributed by atoms with van der Waals surface area (Å²) in [6.45, 7) is 0. The molecule has 2 aromatic heterocycles. The first-order valence-corrected chi connectivity index (χ1v) is 16.0. The summed E-state index contributed by atoms with van der Waals surface area (Å²) < 4.78 is 2.43. The average Bonchev–Trinajstić information content (AvgIpc) is 3.50. The van der Waals surface area contributed by atoms with Crippen LogP contribution in [0.1, 0.15) is 0 Å². The number of hydrogen-bond donors (Lipinski definition) is 0. The molecule has 0 N–H and O–H groups in total. The second-order valence-electron chi connectivity index (χ2n) is 11.6. The highest BCUT2D eigenvalue weighted by molar-refractivity contribution is 7.26. The summed E-state index contributed by atoms with van der Waals surface area (Å²) in [6.07, 6.45) is 0. The largest absolute Gasteiger partial charge is 0.371 e. The number of para-hydroxylation sites is 1. The second kappa shape index (κ2) is 9.64. The molecule has 6 heteroatoms. The first kappa shape index (κ1) is 25.6. The molecule has 0 saturated heterocycles. The molecule has 2 radical (unpaired) electrons. The molecule has 7 aromatic carbocycles. The molecule has 1 aliphatic rings. The van der Waals surface area contributed by atoms with Gasteiger partial charge in [-0.25, -0.2) is 9.97 Å². The highest BCUT2D eigenvalue weighted by Crippen LogP contribution is 2.55. The fourth-order valence-corrected chi connectivity index (χ4v) is 8.19. The molecule has 1 aliphatic heterocycles. The number of fused-ring (bicyclic) bond motifs is 12. The Kier molecular flexibility index (Phi) is 5.36. The van der Waals surface area contributed by atoms with Crippen molar-refractivity contribution in [3.8, 4) is 28.1 Å². The molecule has 0 unspecified atom stereocenters. The molecule has 0 spiro atoms. The molecule has 3 heterocycles. The molecule has 0 atom stereocenters. The van der Waals surface area contributed by atoms with Crippen molar-refractivity contribution in [1.82, 2.24) is 9.97 Å². The van der Waals surface area contributed by atoms with E-state index in [1.807, 2.05) is 64.9 Å². The van der Waals surface area contributed by atoms with Gasteiger partial charge in [-0.2, -0.15) is 0 Å². The monoisotopic (exact) mass is 603 g/mol. The SMILES string of the molecule is [B]c1ccccc1-c1nc(N2Oc3cc4ccccc4cc3-c3c2c2c4ccccc4sc2c2ccccc32)nc2ccccc12. The van der Waals surface area contributed by atoms with E-state index in [9.17, 15) is 0 Å². The molecule has 0 fully saturated rings. The van der Waals surface area contributed by atoms with Crippen molar-refractivity contribution in [1.29, 1.82) is 0 Å². The van der Waals surface area contributed by atoms with Crippen LogP contribution >= 0.6 is 11.3 Å². The van der Waals surface area contributed by atoms with Crippen molar-refractivity contribution in [2.45, 2.75) is 0 Å². The van der Waals surface area contributed by atoms with Crippen molar-refractivity contribution in [3.63, 3.8) is 0 Å². The van der Waals surface area contributed by atoms with Gasteiger partial charge in [0.05, 0.1) is 11.2 Å². The molecule has 0 bridgehead atoms. The Morgan fingerprint density at radius 1 is 0.609 bits per heavy atom. The Morgan fingerprint density at radius 2 is 1.28 bits per heavy atom. The molecule has 0 amide bonds. The summed E-state index contributed by atoms with van der Waals surface area (Å²) >= 11 is 1.81. The third-order valence-electron chi connectivity index (χ3n) is 9.01. The van der Waals surface area contributed by atoms with Gasteiger partial charge in [0.15, 0.2) is 5.75 Å². The number of rotatable bonds is 2. The molecule has 0 aliphatic carbocycles. The predicted molar refractivity (Wildman–Crippen MR) is 193 cm³/mol. The van der Waals surface area contributed by atoms with Gasteiger partial charge in [-0.05, 0) is 46.0 Å². The van der Waals surface area contributed by atoms with E-state index in [4.69, 9.17) is 22.7 Å². The lowest BCUT2D eigenvalue weighted by atomic mass is 9.88. The average molecular weight is 604 g/mol. The molecule has 212 valence electrons. The van der Waals surface area contributed by atoms with Crippen LogP contribution in [0.15, 0.2) is 133 Å². The minimum atomic E-state index is 0.448. The van der Waals surface area contributed by atoms with Crippen LogP contribution < -0.4 is 15.4 Å². The van der Waals surface area contributed by atoms with E-state index in [0.717, 1.165) is 66.3 Å². The van der Waals surface area contributed by atoms with E-state index in [2.05, 4.69) is 84.9 Å². The second-order valence-corrected chi connectivity index (χ2v) is 12.7. The Morgan fingerprint density at radius 3 is 2.13 bits per heavy atom. The van der Waals surface area contributed by atoms with E-state index in [1.165, 1.54) is 20.2 Å². The fraction of sp³-hybridized carbons (Fsp3) is 0. The van der Waals surface area contributed by atoms with Gasteiger partial charge in [0.1, 0.15) is 13.5 Å². The first-order chi connectivity index (χ1) is 22.7. The zero-order valence-corrected chi connectivity index (χ0v) is 25.3. The maximum atomic E-state index is 6.98. The summed E-state index contributed by atoms with van der Waals surface area (Å²) in [7, 11) is 6.55. The Hall–Kier alpha value is -5.72. The maximum Gasteiger partial charge on any atom is 0.265 e. The summed E-state index contributed by atoms with van der Waals surface area (Å²) in [5, 5.41) is 9.74. The lowest BCUT2D eigenvalue weighted by Crippen LogP contribution is -2.28. The predicted octanol–water partition coefficient (Wildman–Crippen LogP) is 9.88. The number of thiophene rings is 1. The van der Waals surface area contributed by atoms with Crippen LogP contribution in [0.25, 0.3) is 75.0 Å². The molecule has 46 heavy (non-hydrogen) atoms. The van der Waals surface area contributed by atoms with Gasteiger partial charge in [-0.15, -0.1) is 16.4 Å². The Bertz CT molecular complexity index is 2720. The maximum absolute atomic E-state index is 6.98. The van der Waals surface area contributed by atoms with E-state index in [-0.39, 0.29) is 0 Å². The van der Waals surface area contributed by atoms with Gasteiger partial charge in [-0.1, -0.05) is 115 Å². The molecular weight excluding hydrogens is 581 g/mol. The van der Waals surface area contributed by atoms with Crippen LogP contribution in [0.3, 0.4) is 0 Å². The van der Waals surface area contributed by atoms with Crippen LogP contribution in [0, 0.1) is 0 Å². The van der Waals surface area contributed by atoms with Crippen LogP contribution in [0.4, 0.5) is 11.6 Å². The van der Waals surface area contributed by atoms with Gasteiger partial charge in [0.25, 0.3) is 5.95 Å². The fourth-order valence-electron chi connectivity index (χ4n) is 6.95. The lowest BCUT2D eigenvalue weighted by molar-refractivity contribution is 0.316. The molecular formula is C40H22BN3OS. The molecule has 9 aromatic rings. The van der Waals surface area contributed by atoms with Crippen molar-refractivity contribution in [2.24, 2.45) is 0 Å². The third kappa shape index (κ3) is 3.62. The molecule has 10 rings (SSSR count). The standard InChI is InChI=1S/C40H22BN3OS/c41-31-18-8-5-15-27(31)37-28-16-6-9-19-32(28)42-40(43-37)44-38-35(30-21-23-11-1-2-12-24(23)22-33(30)45-44)25-13-3-4-14-26(25)39-36(38)29-17-7-10-20-34(29)46-39/h1-22H. The molecule has 0 saturated carbocycles. The zero-order chi connectivity index (χ0) is 30.4. The Balaban J connectivity index is 1.38. The van der Waals surface area contributed by atoms with E-state index < -0.39 is 0 Å². The summed E-state index contributed by atoms with van der Waals surface area (Å²) in [6, 6.07) is 46.0. The number of benzene rings is 7. The first-order valence-electron chi connectivity index (χ1n) is 15.2. The van der Waals surface area contributed by atoms with Gasteiger partial charge in [0, 0.05) is 42.1 Å². The van der Waals surface area contributed by atoms with Gasteiger partial charge >= 0.3 is 0 Å². The van der Waals surface area contributed by atoms with Crippen LogP contribution in [-0.4, -0.2) is 17.8 Å². The highest BCUT2D eigenvalue weighted by atomic mass is 32.1. The minimum Gasteiger partial charge on any atom is -0.371 e. The van der Waals surface area contributed by atoms with Gasteiger partial charge in [0.2, 0.25) is 0 Å². The van der Waals surface area contributed by atoms with Crippen molar-refractivity contribution >= 4 is 88.9 Å². The quantitative estimate of drug-likeness (QED) is 0.184. The molecule has 4 nitrogen and oxygen atoms in total.